The Kier molecular flexibility index (Phi) is 8.19. The van der Waals surface area contributed by atoms with Crippen LogP contribution < -0.4 is 10.6 Å². The van der Waals surface area contributed by atoms with Crippen LogP contribution in [0, 0.1) is 5.41 Å². The van der Waals surface area contributed by atoms with Gasteiger partial charge in [-0.15, -0.1) is 10.2 Å². The Morgan fingerprint density at radius 2 is 1.71 bits per heavy atom. The molecule has 0 atom stereocenters. The van der Waals surface area contributed by atoms with E-state index in [2.05, 4.69) is 25.7 Å². The van der Waals surface area contributed by atoms with Gasteiger partial charge in [0, 0.05) is 37.3 Å². The molecule has 0 aliphatic carbocycles. The molecule has 1 amide bonds. The Morgan fingerprint density at radius 1 is 1.03 bits per heavy atom. The standard InChI is InChI=1S/C25H27ClN6O2/c26-22-21(23(27)18-7-3-1-4-8-18)25(31-30-24(22)19-9-5-2-6-10-19)29-17-20(33)28-11-12-32-13-15-34-16-14-32/h1-10,27H,11-17H2,(H,28,33)(H,29,31). The van der Waals surface area contributed by atoms with Crippen molar-refractivity contribution in [2.24, 2.45) is 0 Å². The van der Waals surface area contributed by atoms with Gasteiger partial charge in [0.15, 0.2) is 5.82 Å². The van der Waals surface area contributed by atoms with Crippen molar-refractivity contribution in [1.82, 2.24) is 20.4 Å². The molecule has 1 aliphatic rings. The van der Waals surface area contributed by atoms with Gasteiger partial charge in [0.1, 0.15) is 5.69 Å². The summed E-state index contributed by atoms with van der Waals surface area (Å²) in [4.78, 5) is 14.7. The second kappa shape index (κ2) is 11.7. The predicted octanol–water partition coefficient (Wildman–Crippen LogP) is 3.07. The highest BCUT2D eigenvalue weighted by molar-refractivity contribution is 6.38. The predicted molar refractivity (Wildman–Crippen MR) is 134 cm³/mol. The van der Waals surface area contributed by atoms with Gasteiger partial charge in [0.05, 0.1) is 36.1 Å². The summed E-state index contributed by atoms with van der Waals surface area (Å²) in [5, 5.41) is 23.7. The van der Waals surface area contributed by atoms with E-state index in [9.17, 15) is 4.79 Å². The molecule has 0 bridgehead atoms. The van der Waals surface area contributed by atoms with E-state index < -0.39 is 0 Å². The zero-order valence-electron chi connectivity index (χ0n) is 18.8. The van der Waals surface area contributed by atoms with Crippen LogP contribution in [0.5, 0.6) is 0 Å². The van der Waals surface area contributed by atoms with Crippen LogP contribution in [0.4, 0.5) is 5.82 Å². The highest BCUT2D eigenvalue weighted by Crippen LogP contribution is 2.33. The maximum atomic E-state index is 12.4. The van der Waals surface area contributed by atoms with Crippen LogP contribution in [-0.4, -0.2) is 72.7 Å². The van der Waals surface area contributed by atoms with Gasteiger partial charge in [-0.05, 0) is 0 Å². The minimum absolute atomic E-state index is 0.00608. The molecule has 1 fully saturated rings. The second-order valence-electron chi connectivity index (χ2n) is 7.85. The van der Waals surface area contributed by atoms with Crippen molar-refractivity contribution >= 4 is 29.0 Å². The van der Waals surface area contributed by atoms with E-state index in [1.165, 1.54) is 0 Å². The first kappa shape index (κ1) is 23.8. The number of anilines is 1. The Bertz CT molecular complexity index is 1120. The average molecular weight is 479 g/mol. The first-order valence-corrected chi connectivity index (χ1v) is 11.6. The number of hydrogen-bond acceptors (Lipinski definition) is 7. The molecule has 0 unspecified atom stereocenters. The number of carbonyl (C=O) groups excluding carboxylic acids is 1. The highest BCUT2D eigenvalue weighted by atomic mass is 35.5. The minimum atomic E-state index is -0.171. The number of carbonyl (C=O) groups is 1. The van der Waals surface area contributed by atoms with Crippen molar-refractivity contribution in [1.29, 1.82) is 5.41 Å². The van der Waals surface area contributed by atoms with Gasteiger partial charge in [0.2, 0.25) is 5.91 Å². The number of benzene rings is 2. The zero-order valence-corrected chi connectivity index (χ0v) is 19.5. The summed E-state index contributed by atoms with van der Waals surface area (Å²) in [5.74, 6) is 0.123. The third-order valence-corrected chi connectivity index (χ3v) is 5.91. The van der Waals surface area contributed by atoms with Crippen LogP contribution in [0.15, 0.2) is 60.7 Å². The molecular weight excluding hydrogens is 452 g/mol. The molecule has 1 aliphatic heterocycles. The van der Waals surface area contributed by atoms with Crippen molar-refractivity contribution in [2.45, 2.75) is 0 Å². The van der Waals surface area contributed by atoms with Crippen LogP contribution in [0.2, 0.25) is 5.02 Å². The molecule has 0 saturated carbocycles. The van der Waals surface area contributed by atoms with Gasteiger partial charge in [-0.3, -0.25) is 15.1 Å². The Labute approximate surface area is 203 Å². The van der Waals surface area contributed by atoms with Crippen LogP contribution in [0.25, 0.3) is 11.3 Å². The number of aromatic nitrogens is 2. The summed E-state index contributed by atoms with van der Waals surface area (Å²) >= 11 is 6.78. The number of ether oxygens (including phenoxy) is 1. The molecule has 3 N–H and O–H groups in total. The first-order chi connectivity index (χ1) is 16.6. The van der Waals surface area contributed by atoms with Crippen molar-refractivity contribution in [3.05, 3.63) is 76.8 Å². The van der Waals surface area contributed by atoms with E-state index in [0.717, 1.165) is 38.4 Å². The summed E-state index contributed by atoms with van der Waals surface area (Å²) in [6.07, 6.45) is 0. The minimum Gasteiger partial charge on any atom is -0.379 e. The van der Waals surface area contributed by atoms with E-state index in [1.54, 1.807) is 0 Å². The molecule has 3 aromatic rings. The van der Waals surface area contributed by atoms with Crippen molar-refractivity contribution in [2.75, 3.05) is 51.3 Å². The molecule has 1 saturated heterocycles. The van der Waals surface area contributed by atoms with E-state index >= 15 is 0 Å². The lowest BCUT2D eigenvalue weighted by molar-refractivity contribution is -0.119. The number of nitrogens with zero attached hydrogens (tertiary/aromatic N) is 3. The third-order valence-electron chi connectivity index (χ3n) is 5.54. The summed E-state index contributed by atoms with van der Waals surface area (Å²) in [6, 6.07) is 18.8. The molecular formula is C25H27ClN6O2. The molecule has 4 rings (SSSR count). The monoisotopic (exact) mass is 478 g/mol. The lowest BCUT2D eigenvalue weighted by atomic mass is 10.0. The van der Waals surface area contributed by atoms with Crippen molar-refractivity contribution < 1.29 is 9.53 Å². The van der Waals surface area contributed by atoms with E-state index in [1.807, 2.05) is 60.7 Å². The molecule has 0 spiro atoms. The van der Waals surface area contributed by atoms with Gasteiger partial charge in [0.25, 0.3) is 0 Å². The molecule has 2 heterocycles. The fraction of sp³-hybridized carbons (Fsp3) is 0.280. The molecule has 176 valence electrons. The van der Waals surface area contributed by atoms with Gasteiger partial charge >= 0.3 is 0 Å². The fourth-order valence-electron chi connectivity index (χ4n) is 3.70. The number of amides is 1. The lowest BCUT2D eigenvalue weighted by Crippen LogP contribution is -2.42. The number of morpholine rings is 1. The molecule has 2 aromatic carbocycles. The first-order valence-electron chi connectivity index (χ1n) is 11.2. The SMILES string of the molecule is N=C(c1ccccc1)c1c(NCC(=O)NCCN2CCOCC2)nnc(-c2ccccc2)c1Cl. The number of rotatable bonds is 9. The van der Waals surface area contributed by atoms with Gasteiger partial charge < -0.3 is 15.4 Å². The number of halogens is 1. The summed E-state index contributed by atoms with van der Waals surface area (Å²) in [7, 11) is 0. The van der Waals surface area contributed by atoms with Gasteiger partial charge in [-0.2, -0.15) is 0 Å². The summed E-state index contributed by atoms with van der Waals surface area (Å²) in [5.41, 5.74) is 2.58. The van der Waals surface area contributed by atoms with Crippen LogP contribution >= 0.6 is 11.6 Å². The molecule has 9 heteroatoms. The topological polar surface area (TPSA) is 103 Å². The number of hydrogen-bond donors (Lipinski definition) is 3. The Morgan fingerprint density at radius 3 is 2.41 bits per heavy atom. The van der Waals surface area contributed by atoms with E-state index in [4.69, 9.17) is 21.7 Å². The van der Waals surface area contributed by atoms with Crippen LogP contribution in [0.1, 0.15) is 11.1 Å². The largest absolute Gasteiger partial charge is 0.379 e. The maximum Gasteiger partial charge on any atom is 0.239 e. The fourth-order valence-corrected chi connectivity index (χ4v) is 4.03. The molecule has 34 heavy (non-hydrogen) atoms. The number of nitrogens with one attached hydrogen (secondary N) is 3. The normalized spacial score (nSPS) is 13.9. The molecule has 1 aromatic heterocycles. The second-order valence-corrected chi connectivity index (χ2v) is 8.23. The Hall–Kier alpha value is -3.33. The van der Waals surface area contributed by atoms with Gasteiger partial charge in [-0.1, -0.05) is 72.3 Å². The van der Waals surface area contributed by atoms with Crippen molar-refractivity contribution in [3.8, 4) is 11.3 Å². The smallest absolute Gasteiger partial charge is 0.239 e. The van der Waals surface area contributed by atoms with Crippen LogP contribution in [0.3, 0.4) is 0 Å². The quantitative estimate of drug-likeness (QED) is 0.408. The summed E-state index contributed by atoms with van der Waals surface area (Å²) in [6.45, 7) is 4.52. The molecule has 8 nitrogen and oxygen atoms in total. The third kappa shape index (κ3) is 5.96. The van der Waals surface area contributed by atoms with E-state index in [0.29, 0.717) is 34.2 Å². The highest BCUT2D eigenvalue weighted by Gasteiger charge is 2.21. The summed E-state index contributed by atoms with van der Waals surface area (Å²) < 4.78 is 5.34. The van der Waals surface area contributed by atoms with E-state index in [-0.39, 0.29) is 18.2 Å². The zero-order chi connectivity index (χ0) is 23.8. The average Bonchev–Trinajstić information content (AvgIpc) is 2.89. The maximum absolute atomic E-state index is 12.4. The lowest BCUT2D eigenvalue weighted by Gasteiger charge is -2.26. The van der Waals surface area contributed by atoms with Crippen LogP contribution in [-0.2, 0) is 9.53 Å². The Balaban J connectivity index is 1.50. The molecule has 0 radical (unpaired) electrons. The van der Waals surface area contributed by atoms with Crippen molar-refractivity contribution in [3.63, 3.8) is 0 Å². The van der Waals surface area contributed by atoms with Gasteiger partial charge in [-0.25, -0.2) is 0 Å².